The minimum Gasteiger partial charge on any atom is -0.508 e. The summed E-state index contributed by atoms with van der Waals surface area (Å²) in [4.78, 5) is 8.00. The summed E-state index contributed by atoms with van der Waals surface area (Å²) in [6.45, 7) is 8.49. The summed E-state index contributed by atoms with van der Waals surface area (Å²) in [6.07, 6.45) is 0. The molecular formula is C12H17BrO2. The van der Waals surface area contributed by atoms with Crippen LogP contribution in [0.3, 0.4) is 0 Å². The lowest BCUT2D eigenvalue weighted by Gasteiger charge is -2.19. The van der Waals surface area contributed by atoms with Crippen molar-refractivity contribution in [3.63, 3.8) is 0 Å². The van der Waals surface area contributed by atoms with E-state index in [-0.39, 0.29) is 5.41 Å². The van der Waals surface area contributed by atoms with Crippen LogP contribution in [0.2, 0.25) is 0 Å². The van der Waals surface area contributed by atoms with Gasteiger partial charge >= 0.3 is 0 Å². The molecule has 2 nitrogen and oxygen atoms in total. The van der Waals surface area contributed by atoms with E-state index in [1.807, 2.05) is 18.9 Å². The Morgan fingerprint density at radius 3 is 2.27 bits per heavy atom. The summed E-state index contributed by atoms with van der Waals surface area (Å²) in [5, 5.41) is 10.2. The second kappa shape index (κ2) is 5.91. The standard InChI is InChI=1S/C11H15BrO.CH2O/c1-11(2,3)9-4-5-10(13)8(6-9)7-12;1-2/h4-6,13H,7H2,1-3H3;1H2. The molecule has 0 aliphatic heterocycles. The Balaban J connectivity index is 0.000000921. The van der Waals surface area contributed by atoms with Gasteiger partial charge in [-0.25, -0.2) is 0 Å². The van der Waals surface area contributed by atoms with Crippen LogP contribution in [-0.4, -0.2) is 11.9 Å². The van der Waals surface area contributed by atoms with E-state index in [0.717, 1.165) is 5.56 Å². The summed E-state index contributed by atoms with van der Waals surface area (Å²) in [5.41, 5.74) is 2.34. The van der Waals surface area contributed by atoms with Crippen LogP contribution in [-0.2, 0) is 15.5 Å². The van der Waals surface area contributed by atoms with Gasteiger partial charge in [0, 0.05) is 10.9 Å². The van der Waals surface area contributed by atoms with Crippen molar-refractivity contribution in [1.82, 2.24) is 0 Å². The van der Waals surface area contributed by atoms with E-state index in [1.165, 1.54) is 5.56 Å². The molecule has 0 radical (unpaired) electrons. The lowest BCUT2D eigenvalue weighted by molar-refractivity contribution is -0.0979. The molecule has 0 heterocycles. The van der Waals surface area contributed by atoms with E-state index in [9.17, 15) is 5.11 Å². The molecule has 0 atom stereocenters. The number of hydrogen-bond acceptors (Lipinski definition) is 2. The zero-order valence-corrected chi connectivity index (χ0v) is 11.0. The molecule has 1 rings (SSSR count). The molecule has 0 aliphatic carbocycles. The van der Waals surface area contributed by atoms with Gasteiger partial charge in [-0.1, -0.05) is 48.8 Å². The lowest BCUT2D eigenvalue weighted by Crippen LogP contribution is -2.11. The summed E-state index contributed by atoms with van der Waals surface area (Å²) in [7, 11) is 0. The Labute approximate surface area is 99.5 Å². The number of rotatable bonds is 1. The van der Waals surface area contributed by atoms with Crippen molar-refractivity contribution in [2.24, 2.45) is 0 Å². The van der Waals surface area contributed by atoms with Crippen molar-refractivity contribution in [3.05, 3.63) is 29.3 Å². The molecule has 84 valence electrons. The van der Waals surface area contributed by atoms with Gasteiger partial charge in [0.1, 0.15) is 12.5 Å². The monoisotopic (exact) mass is 272 g/mol. The Bertz CT molecular complexity index is 316. The predicted octanol–water partition coefficient (Wildman–Crippen LogP) is 3.40. The van der Waals surface area contributed by atoms with Gasteiger partial charge in [-0.05, 0) is 17.0 Å². The molecule has 1 aromatic rings. The topological polar surface area (TPSA) is 37.3 Å². The van der Waals surface area contributed by atoms with Crippen molar-refractivity contribution in [2.45, 2.75) is 31.5 Å². The average Bonchev–Trinajstić information content (AvgIpc) is 2.20. The van der Waals surface area contributed by atoms with Crippen LogP contribution in [0.5, 0.6) is 5.75 Å². The fourth-order valence-corrected chi connectivity index (χ4v) is 1.61. The highest BCUT2D eigenvalue weighted by atomic mass is 79.9. The minimum atomic E-state index is 0.143. The molecule has 1 aromatic carbocycles. The number of carbonyl (C=O) groups is 1. The van der Waals surface area contributed by atoms with Gasteiger partial charge in [-0.3, -0.25) is 0 Å². The first-order valence-electron chi connectivity index (χ1n) is 4.62. The number of benzene rings is 1. The largest absolute Gasteiger partial charge is 0.508 e. The third-order valence-corrected chi connectivity index (χ3v) is 2.69. The zero-order valence-electron chi connectivity index (χ0n) is 9.38. The average molecular weight is 273 g/mol. The van der Waals surface area contributed by atoms with Crippen LogP contribution in [0.25, 0.3) is 0 Å². The quantitative estimate of drug-likeness (QED) is 0.796. The lowest BCUT2D eigenvalue weighted by atomic mass is 9.86. The molecule has 15 heavy (non-hydrogen) atoms. The van der Waals surface area contributed by atoms with Crippen molar-refractivity contribution in [1.29, 1.82) is 0 Å². The highest BCUT2D eigenvalue weighted by Gasteiger charge is 2.14. The maximum Gasteiger partial charge on any atom is 0.119 e. The first kappa shape index (κ1) is 14.2. The summed E-state index contributed by atoms with van der Waals surface area (Å²) >= 11 is 3.35. The number of alkyl halides is 1. The maximum atomic E-state index is 9.47. The predicted molar refractivity (Wildman–Crippen MR) is 66.6 cm³/mol. The second-order valence-corrected chi connectivity index (χ2v) is 4.79. The number of halogens is 1. The van der Waals surface area contributed by atoms with Crippen LogP contribution in [0.15, 0.2) is 18.2 Å². The van der Waals surface area contributed by atoms with Crippen LogP contribution in [0, 0.1) is 0 Å². The molecular weight excluding hydrogens is 256 g/mol. The van der Waals surface area contributed by atoms with Crippen molar-refractivity contribution >= 4 is 22.7 Å². The number of hydrogen-bond donors (Lipinski definition) is 1. The third kappa shape index (κ3) is 4.04. The highest BCUT2D eigenvalue weighted by Crippen LogP contribution is 2.28. The first-order valence-corrected chi connectivity index (χ1v) is 5.74. The molecule has 0 aliphatic rings. The second-order valence-electron chi connectivity index (χ2n) is 4.23. The highest BCUT2D eigenvalue weighted by molar-refractivity contribution is 9.08. The van der Waals surface area contributed by atoms with E-state index < -0.39 is 0 Å². The molecule has 0 bridgehead atoms. The minimum absolute atomic E-state index is 0.143. The smallest absolute Gasteiger partial charge is 0.119 e. The van der Waals surface area contributed by atoms with Gasteiger partial charge in [-0.15, -0.1) is 0 Å². The molecule has 1 N–H and O–H groups in total. The van der Waals surface area contributed by atoms with Crippen LogP contribution < -0.4 is 0 Å². The number of phenols is 1. The molecule has 0 spiro atoms. The molecule has 0 saturated carbocycles. The molecule has 0 aromatic heterocycles. The van der Waals surface area contributed by atoms with Crippen LogP contribution in [0.1, 0.15) is 31.9 Å². The number of carbonyl (C=O) groups excluding carboxylic acids is 1. The SMILES string of the molecule is C=O.CC(C)(C)c1ccc(O)c(CBr)c1. The van der Waals surface area contributed by atoms with E-state index in [0.29, 0.717) is 11.1 Å². The van der Waals surface area contributed by atoms with Gasteiger partial charge in [0.2, 0.25) is 0 Å². The molecule has 0 unspecified atom stereocenters. The maximum absolute atomic E-state index is 9.47. The Morgan fingerprint density at radius 2 is 1.87 bits per heavy atom. The van der Waals surface area contributed by atoms with E-state index in [2.05, 4.69) is 36.7 Å². The van der Waals surface area contributed by atoms with Gasteiger partial charge < -0.3 is 9.90 Å². The Hall–Kier alpha value is -0.830. The Morgan fingerprint density at radius 1 is 1.33 bits per heavy atom. The summed E-state index contributed by atoms with van der Waals surface area (Å²) < 4.78 is 0. The van der Waals surface area contributed by atoms with Crippen molar-refractivity contribution < 1.29 is 9.90 Å². The van der Waals surface area contributed by atoms with E-state index in [4.69, 9.17) is 4.79 Å². The van der Waals surface area contributed by atoms with Crippen LogP contribution >= 0.6 is 15.9 Å². The summed E-state index contributed by atoms with van der Waals surface area (Å²) in [5.74, 6) is 0.366. The fourth-order valence-electron chi connectivity index (χ4n) is 1.16. The van der Waals surface area contributed by atoms with Gasteiger partial charge in [0.25, 0.3) is 0 Å². The van der Waals surface area contributed by atoms with E-state index in [1.54, 1.807) is 6.07 Å². The fraction of sp³-hybridized carbons (Fsp3) is 0.417. The zero-order chi connectivity index (χ0) is 12.1. The molecule has 0 fully saturated rings. The molecule has 3 heteroatoms. The van der Waals surface area contributed by atoms with E-state index >= 15 is 0 Å². The summed E-state index contributed by atoms with van der Waals surface area (Å²) in [6, 6.07) is 5.78. The van der Waals surface area contributed by atoms with Crippen LogP contribution in [0.4, 0.5) is 0 Å². The van der Waals surface area contributed by atoms with Gasteiger partial charge in [-0.2, -0.15) is 0 Å². The van der Waals surface area contributed by atoms with Gasteiger partial charge in [0.05, 0.1) is 0 Å². The van der Waals surface area contributed by atoms with Crippen molar-refractivity contribution in [2.75, 3.05) is 0 Å². The normalized spacial score (nSPS) is 10.4. The molecule has 0 amide bonds. The molecule has 0 saturated heterocycles. The number of phenolic OH excluding ortho intramolecular Hbond substituents is 1. The van der Waals surface area contributed by atoms with Gasteiger partial charge in [0.15, 0.2) is 0 Å². The third-order valence-electron chi connectivity index (χ3n) is 2.09. The van der Waals surface area contributed by atoms with Crippen molar-refractivity contribution in [3.8, 4) is 5.75 Å². The number of aromatic hydroxyl groups is 1. The Kier molecular flexibility index (Phi) is 5.58. The first-order chi connectivity index (χ1) is 6.95.